The Hall–Kier alpha value is -2.73. The lowest BCUT2D eigenvalue weighted by Gasteiger charge is -2.25. The maximum Gasteiger partial charge on any atom is 0.255 e. The minimum atomic E-state index is -0.227. The fourth-order valence-electron chi connectivity index (χ4n) is 3.14. The van der Waals surface area contributed by atoms with E-state index in [4.69, 9.17) is 14.2 Å². The third kappa shape index (κ3) is 4.75. The quantitative estimate of drug-likeness (QED) is 0.717. The average Bonchev–Trinajstić information content (AvgIpc) is 2.72. The predicted octanol–water partition coefficient (Wildman–Crippen LogP) is 3.31. The Morgan fingerprint density at radius 3 is 2.11 bits per heavy atom. The fourth-order valence-corrected chi connectivity index (χ4v) is 3.14. The highest BCUT2D eigenvalue weighted by atomic mass is 16.5. The molecule has 0 spiro atoms. The van der Waals surface area contributed by atoms with Gasteiger partial charge in [0.25, 0.3) is 5.91 Å². The molecule has 0 fully saturated rings. The molecular weight excluding hydrogens is 356 g/mol. The molecule has 2 aromatic carbocycles. The van der Waals surface area contributed by atoms with Crippen LogP contribution in [0.15, 0.2) is 36.4 Å². The van der Waals surface area contributed by atoms with Gasteiger partial charge in [-0.2, -0.15) is 0 Å². The van der Waals surface area contributed by atoms with Crippen LogP contribution in [0.5, 0.6) is 17.2 Å². The zero-order valence-corrected chi connectivity index (χ0v) is 17.5. The molecule has 0 aliphatic rings. The first-order valence-corrected chi connectivity index (χ1v) is 9.29. The zero-order chi connectivity index (χ0) is 20.7. The van der Waals surface area contributed by atoms with Gasteiger partial charge in [0.2, 0.25) is 5.75 Å². The molecule has 6 nitrogen and oxygen atoms in total. The normalized spacial score (nSPS) is 11.8. The summed E-state index contributed by atoms with van der Waals surface area (Å²) in [5, 5.41) is 3.01. The average molecular weight is 386 g/mol. The van der Waals surface area contributed by atoms with E-state index < -0.39 is 0 Å². The van der Waals surface area contributed by atoms with Crippen LogP contribution in [0.1, 0.15) is 34.5 Å². The van der Waals surface area contributed by atoms with Gasteiger partial charge in [0.05, 0.1) is 32.9 Å². The molecule has 0 bridgehead atoms. The molecule has 1 unspecified atom stereocenters. The molecule has 1 amide bonds. The number of hydrogen-bond donors (Lipinski definition) is 1. The fraction of sp³-hybridized carbons (Fsp3) is 0.409. The van der Waals surface area contributed by atoms with Crippen LogP contribution in [-0.4, -0.2) is 52.8 Å². The topological polar surface area (TPSA) is 60.0 Å². The Labute approximate surface area is 167 Å². The smallest absolute Gasteiger partial charge is 0.255 e. The van der Waals surface area contributed by atoms with Crippen LogP contribution in [0.2, 0.25) is 0 Å². The van der Waals surface area contributed by atoms with Gasteiger partial charge in [-0.05, 0) is 43.8 Å². The maximum absolute atomic E-state index is 12.8. The van der Waals surface area contributed by atoms with E-state index in [1.54, 1.807) is 19.2 Å². The van der Waals surface area contributed by atoms with Gasteiger partial charge >= 0.3 is 0 Å². The number of carbonyl (C=O) groups excluding carboxylic acids is 1. The van der Waals surface area contributed by atoms with Gasteiger partial charge in [-0.1, -0.05) is 31.2 Å². The number of nitrogens with zero attached hydrogens (tertiary/aromatic N) is 1. The SMILES string of the molecule is CCc1ccc(C(CNC(=O)c2ccc(OC)c(OC)c2OC)N(C)C)cc1. The maximum atomic E-state index is 12.8. The summed E-state index contributed by atoms with van der Waals surface area (Å²) in [6.07, 6.45) is 1.00. The third-order valence-electron chi connectivity index (χ3n) is 4.80. The summed E-state index contributed by atoms with van der Waals surface area (Å²) >= 11 is 0. The van der Waals surface area contributed by atoms with Gasteiger partial charge in [0.15, 0.2) is 11.5 Å². The number of methoxy groups -OCH3 is 3. The molecule has 1 N–H and O–H groups in total. The van der Waals surface area contributed by atoms with Crippen LogP contribution in [0.3, 0.4) is 0 Å². The van der Waals surface area contributed by atoms with E-state index in [2.05, 4.69) is 41.4 Å². The van der Waals surface area contributed by atoms with Crippen LogP contribution < -0.4 is 19.5 Å². The van der Waals surface area contributed by atoms with Gasteiger partial charge in [-0.15, -0.1) is 0 Å². The van der Waals surface area contributed by atoms with Crippen molar-refractivity contribution in [1.29, 1.82) is 0 Å². The second-order valence-corrected chi connectivity index (χ2v) is 6.67. The molecule has 2 rings (SSSR count). The van der Waals surface area contributed by atoms with Crippen molar-refractivity contribution in [2.45, 2.75) is 19.4 Å². The van der Waals surface area contributed by atoms with E-state index in [-0.39, 0.29) is 11.9 Å². The molecule has 1 atom stereocenters. The summed E-state index contributed by atoms with van der Waals surface area (Å²) in [6, 6.07) is 11.9. The van der Waals surface area contributed by atoms with Crippen molar-refractivity contribution in [3.63, 3.8) is 0 Å². The number of aryl methyl sites for hydroxylation is 1. The highest BCUT2D eigenvalue weighted by molar-refractivity contribution is 5.98. The monoisotopic (exact) mass is 386 g/mol. The lowest BCUT2D eigenvalue weighted by molar-refractivity contribution is 0.0938. The number of carbonyl (C=O) groups is 1. The molecule has 0 saturated heterocycles. The van der Waals surface area contributed by atoms with E-state index in [0.717, 1.165) is 12.0 Å². The molecule has 28 heavy (non-hydrogen) atoms. The van der Waals surface area contributed by atoms with E-state index in [1.807, 2.05) is 14.1 Å². The van der Waals surface area contributed by atoms with Crippen molar-refractivity contribution in [3.05, 3.63) is 53.1 Å². The highest BCUT2D eigenvalue weighted by Gasteiger charge is 2.22. The Morgan fingerprint density at radius 2 is 1.61 bits per heavy atom. The molecule has 6 heteroatoms. The first-order valence-electron chi connectivity index (χ1n) is 9.29. The minimum absolute atomic E-state index is 0.0565. The summed E-state index contributed by atoms with van der Waals surface area (Å²) in [5.74, 6) is 1.04. The summed E-state index contributed by atoms with van der Waals surface area (Å²) in [6.45, 7) is 2.60. The summed E-state index contributed by atoms with van der Waals surface area (Å²) in [4.78, 5) is 14.9. The first kappa shape index (κ1) is 21.6. The number of benzene rings is 2. The van der Waals surface area contributed by atoms with E-state index in [0.29, 0.717) is 29.4 Å². The molecule has 0 aliphatic carbocycles. The van der Waals surface area contributed by atoms with Gasteiger partial charge in [0.1, 0.15) is 0 Å². The molecule has 0 heterocycles. The van der Waals surface area contributed by atoms with Crippen LogP contribution in [0.25, 0.3) is 0 Å². The Morgan fingerprint density at radius 1 is 0.964 bits per heavy atom. The van der Waals surface area contributed by atoms with Crippen LogP contribution in [0.4, 0.5) is 0 Å². The number of ether oxygens (including phenoxy) is 3. The Kier molecular flexibility index (Phi) is 7.70. The van der Waals surface area contributed by atoms with Gasteiger partial charge in [-0.25, -0.2) is 0 Å². The third-order valence-corrected chi connectivity index (χ3v) is 4.80. The van der Waals surface area contributed by atoms with E-state index in [1.165, 1.54) is 19.8 Å². The lowest BCUT2D eigenvalue weighted by Crippen LogP contribution is -2.34. The van der Waals surface area contributed by atoms with Gasteiger partial charge in [0, 0.05) is 6.54 Å². The van der Waals surface area contributed by atoms with Gasteiger partial charge < -0.3 is 24.4 Å². The summed E-state index contributed by atoms with van der Waals surface area (Å²) in [5.41, 5.74) is 2.85. The number of amides is 1. The molecule has 0 radical (unpaired) electrons. The van der Waals surface area contributed by atoms with Gasteiger partial charge in [-0.3, -0.25) is 4.79 Å². The van der Waals surface area contributed by atoms with Crippen molar-refractivity contribution in [1.82, 2.24) is 10.2 Å². The first-order chi connectivity index (χ1) is 13.5. The largest absolute Gasteiger partial charge is 0.493 e. The van der Waals surface area contributed by atoms with Crippen molar-refractivity contribution in [2.75, 3.05) is 42.0 Å². The molecular formula is C22H30N2O4. The number of likely N-dealkylation sites (N-methyl/N-ethyl adjacent to an activating group) is 1. The van der Waals surface area contributed by atoms with Crippen LogP contribution in [0, 0.1) is 0 Å². The Bertz CT molecular complexity index is 788. The van der Waals surface area contributed by atoms with E-state index >= 15 is 0 Å². The number of nitrogens with one attached hydrogen (secondary N) is 1. The Balaban J connectivity index is 2.21. The molecule has 0 aliphatic heterocycles. The predicted molar refractivity (Wildman–Crippen MR) is 111 cm³/mol. The van der Waals surface area contributed by atoms with Crippen molar-refractivity contribution < 1.29 is 19.0 Å². The number of rotatable bonds is 9. The number of hydrogen-bond acceptors (Lipinski definition) is 5. The van der Waals surface area contributed by atoms with Crippen molar-refractivity contribution in [3.8, 4) is 17.2 Å². The second kappa shape index (κ2) is 9.99. The molecule has 152 valence electrons. The molecule has 0 aromatic heterocycles. The summed E-state index contributed by atoms with van der Waals surface area (Å²) < 4.78 is 16.1. The molecule has 0 saturated carbocycles. The van der Waals surface area contributed by atoms with Crippen LogP contribution >= 0.6 is 0 Å². The second-order valence-electron chi connectivity index (χ2n) is 6.67. The summed E-state index contributed by atoms with van der Waals surface area (Å²) in [7, 11) is 8.57. The standard InChI is InChI=1S/C22H30N2O4/c1-7-15-8-10-16(11-9-15)18(24(2)3)14-23-22(25)17-12-13-19(26-4)21(28-6)20(17)27-5/h8-13,18H,7,14H2,1-6H3,(H,23,25). The lowest BCUT2D eigenvalue weighted by atomic mass is 10.0. The van der Waals surface area contributed by atoms with Crippen molar-refractivity contribution in [2.24, 2.45) is 0 Å². The zero-order valence-electron chi connectivity index (χ0n) is 17.5. The van der Waals surface area contributed by atoms with Crippen molar-refractivity contribution >= 4 is 5.91 Å². The van der Waals surface area contributed by atoms with Crippen LogP contribution in [-0.2, 0) is 6.42 Å². The minimum Gasteiger partial charge on any atom is -0.493 e. The highest BCUT2D eigenvalue weighted by Crippen LogP contribution is 2.39. The molecule has 2 aromatic rings. The van der Waals surface area contributed by atoms with E-state index in [9.17, 15) is 4.79 Å².